The molecule has 1 N–H and O–H groups in total. The predicted molar refractivity (Wildman–Crippen MR) is 80.2 cm³/mol. The fourth-order valence-electron chi connectivity index (χ4n) is 3.21. The highest BCUT2D eigenvalue weighted by atomic mass is 16.4. The number of hydrogen-bond acceptors (Lipinski definition) is 4. The lowest BCUT2D eigenvalue weighted by molar-refractivity contribution is -0.142. The van der Waals surface area contributed by atoms with E-state index in [1.807, 2.05) is 4.90 Å². The maximum Gasteiger partial charge on any atom is 0.305 e. The highest BCUT2D eigenvalue weighted by Crippen LogP contribution is 2.20. The summed E-state index contributed by atoms with van der Waals surface area (Å²) < 4.78 is 0. The van der Waals surface area contributed by atoms with E-state index >= 15 is 0 Å². The van der Waals surface area contributed by atoms with Gasteiger partial charge in [0.25, 0.3) is 0 Å². The van der Waals surface area contributed by atoms with Gasteiger partial charge in [-0.1, -0.05) is 0 Å². The Hall–Kier alpha value is -1.14. The molecule has 2 aliphatic heterocycles. The van der Waals surface area contributed by atoms with Crippen molar-refractivity contribution in [3.05, 3.63) is 0 Å². The number of likely N-dealkylation sites (N-methyl/N-ethyl adjacent to an activating group) is 1. The maximum atomic E-state index is 12.4. The Bertz CT molecular complexity index is 367. The Kier molecular flexibility index (Phi) is 5.99. The number of carbonyl (C=O) groups is 2. The van der Waals surface area contributed by atoms with Gasteiger partial charge in [0.1, 0.15) is 0 Å². The molecule has 6 nitrogen and oxygen atoms in total. The molecule has 21 heavy (non-hydrogen) atoms. The van der Waals surface area contributed by atoms with Crippen molar-refractivity contribution in [1.29, 1.82) is 0 Å². The smallest absolute Gasteiger partial charge is 0.305 e. The minimum absolute atomic E-state index is 0.0836. The van der Waals surface area contributed by atoms with Gasteiger partial charge in [0.05, 0.1) is 6.42 Å². The number of piperazine rings is 1. The zero-order valence-corrected chi connectivity index (χ0v) is 13.0. The summed E-state index contributed by atoms with van der Waals surface area (Å²) in [6.07, 6.45) is 3.45. The van der Waals surface area contributed by atoms with Crippen LogP contribution in [0.4, 0.5) is 0 Å². The van der Waals surface area contributed by atoms with E-state index in [1.54, 1.807) is 0 Å². The van der Waals surface area contributed by atoms with E-state index in [1.165, 1.54) is 0 Å². The van der Waals surface area contributed by atoms with Crippen LogP contribution in [0.15, 0.2) is 0 Å². The van der Waals surface area contributed by atoms with Gasteiger partial charge in [0, 0.05) is 51.7 Å². The first kappa shape index (κ1) is 16.2. The van der Waals surface area contributed by atoms with Crippen molar-refractivity contribution in [2.75, 3.05) is 46.3 Å². The third-order valence-corrected chi connectivity index (χ3v) is 4.60. The van der Waals surface area contributed by atoms with Gasteiger partial charge in [0.2, 0.25) is 5.91 Å². The number of likely N-dealkylation sites (tertiary alicyclic amines) is 1. The van der Waals surface area contributed by atoms with E-state index in [9.17, 15) is 9.59 Å². The molecule has 2 saturated heterocycles. The molecule has 2 rings (SSSR count). The van der Waals surface area contributed by atoms with E-state index in [4.69, 9.17) is 5.11 Å². The van der Waals surface area contributed by atoms with E-state index in [0.29, 0.717) is 6.42 Å². The number of carboxylic acids is 1. The second kappa shape index (κ2) is 7.75. The van der Waals surface area contributed by atoms with Crippen molar-refractivity contribution >= 4 is 11.9 Å². The number of hydrogen-bond donors (Lipinski definition) is 1. The molecular formula is C15H27N3O3. The number of carboxylic acid groups (broad SMARTS) is 1. The Morgan fingerprint density at radius 3 is 2.48 bits per heavy atom. The molecule has 0 unspecified atom stereocenters. The molecule has 0 bridgehead atoms. The lowest BCUT2D eigenvalue weighted by Crippen LogP contribution is -2.48. The minimum Gasteiger partial charge on any atom is -0.481 e. The normalized spacial score (nSPS) is 25.0. The fourth-order valence-corrected chi connectivity index (χ4v) is 3.21. The van der Waals surface area contributed by atoms with Crippen LogP contribution < -0.4 is 0 Å². The Labute approximate surface area is 126 Å². The van der Waals surface area contributed by atoms with E-state index < -0.39 is 5.97 Å². The topological polar surface area (TPSA) is 64.1 Å². The summed E-state index contributed by atoms with van der Waals surface area (Å²) in [4.78, 5) is 29.8. The molecule has 0 aliphatic carbocycles. The largest absolute Gasteiger partial charge is 0.481 e. The highest BCUT2D eigenvalue weighted by molar-refractivity contribution is 5.78. The first-order valence-electron chi connectivity index (χ1n) is 7.98. The molecule has 1 amide bonds. The maximum absolute atomic E-state index is 12.4. The zero-order valence-electron chi connectivity index (χ0n) is 13.0. The second-order valence-electron chi connectivity index (χ2n) is 6.23. The molecular weight excluding hydrogens is 270 g/mol. The van der Waals surface area contributed by atoms with Crippen LogP contribution in [0.3, 0.4) is 0 Å². The summed E-state index contributed by atoms with van der Waals surface area (Å²) in [5.74, 6) is -0.682. The molecule has 0 aromatic carbocycles. The molecule has 0 spiro atoms. The van der Waals surface area contributed by atoms with Gasteiger partial charge in [-0.05, 0) is 26.3 Å². The summed E-state index contributed by atoms with van der Waals surface area (Å²) >= 11 is 0. The van der Waals surface area contributed by atoms with Crippen LogP contribution in [-0.2, 0) is 9.59 Å². The summed E-state index contributed by atoms with van der Waals surface area (Å²) in [5.41, 5.74) is 0. The number of nitrogens with zero attached hydrogens (tertiary/aromatic N) is 3. The third-order valence-electron chi connectivity index (χ3n) is 4.60. The summed E-state index contributed by atoms with van der Waals surface area (Å²) in [5, 5.41) is 8.97. The molecule has 0 aromatic rings. The van der Waals surface area contributed by atoms with Gasteiger partial charge in [-0.3, -0.25) is 9.59 Å². The molecule has 2 aliphatic rings. The Balaban J connectivity index is 1.79. The molecule has 120 valence electrons. The zero-order chi connectivity index (χ0) is 15.2. The van der Waals surface area contributed by atoms with Crippen LogP contribution in [0.25, 0.3) is 0 Å². The number of piperidine rings is 1. The van der Waals surface area contributed by atoms with Crippen LogP contribution in [-0.4, -0.2) is 84.0 Å². The lowest BCUT2D eigenvalue weighted by atomic mass is 9.99. The van der Waals surface area contributed by atoms with Crippen molar-refractivity contribution in [1.82, 2.24) is 14.7 Å². The van der Waals surface area contributed by atoms with E-state index in [0.717, 1.165) is 58.5 Å². The number of aliphatic carboxylic acids is 1. The molecule has 0 saturated carbocycles. The van der Waals surface area contributed by atoms with Gasteiger partial charge in [-0.2, -0.15) is 0 Å². The molecule has 6 heteroatoms. The lowest BCUT2D eigenvalue weighted by Gasteiger charge is -2.36. The fraction of sp³-hybridized carbons (Fsp3) is 0.867. The van der Waals surface area contributed by atoms with Crippen molar-refractivity contribution in [2.45, 2.75) is 38.1 Å². The highest BCUT2D eigenvalue weighted by Gasteiger charge is 2.28. The molecule has 0 aromatic heterocycles. The second-order valence-corrected chi connectivity index (χ2v) is 6.23. The van der Waals surface area contributed by atoms with E-state index in [2.05, 4.69) is 16.8 Å². The van der Waals surface area contributed by atoms with Gasteiger partial charge in [-0.25, -0.2) is 0 Å². The standard InChI is InChI=1S/C15H27N3O3/c1-16-8-10-17(11-9-16)7-5-14(19)18-6-3-2-4-13(18)12-15(20)21/h13H,2-12H2,1H3,(H,20,21)/t13-/m0/s1. The molecule has 2 fully saturated rings. The van der Waals surface area contributed by atoms with Crippen LogP contribution >= 0.6 is 0 Å². The number of rotatable bonds is 5. The average Bonchev–Trinajstić information content (AvgIpc) is 2.46. The van der Waals surface area contributed by atoms with Crippen LogP contribution in [0.2, 0.25) is 0 Å². The Morgan fingerprint density at radius 2 is 1.81 bits per heavy atom. The van der Waals surface area contributed by atoms with Crippen molar-refractivity contribution in [3.8, 4) is 0 Å². The molecule has 0 radical (unpaired) electrons. The summed E-state index contributed by atoms with van der Waals surface area (Å²) in [6.45, 7) is 5.66. The van der Waals surface area contributed by atoms with Crippen molar-refractivity contribution in [2.24, 2.45) is 0 Å². The van der Waals surface area contributed by atoms with Crippen molar-refractivity contribution in [3.63, 3.8) is 0 Å². The number of carbonyl (C=O) groups excluding carboxylic acids is 1. The summed E-state index contributed by atoms with van der Waals surface area (Å²) in [7, 11) is 2.12. The first-order chi connectivity index (χ1) is 10.1. The first-order valence-corrected chi connectivity index (χ1v) is 7.98. The van der Waals surface area contributed by atoms with Crippen molar-refractivity contribution < 1.29 is 14.7 Å². The number of amides is 1. The van der Waals surface area contributed by atoms with Gasteiger partial charge in [-0.15, -0.1) is 0 Å². The van der Waals surface area contributed by atoms with Crippen LogP contribution in [0, 0.1) is 0 Å². The molecule has 1 atom stereocenters. The SMILES string of the molecule is CN1CCN(CCC(=O)N2CCCC[C@H]2CC(=O)O)CC1. The van der Waals surface area contributed by atoms with Gasteiger partial charge >= 0.3 is 5.97 Å². The van der Waals surface area contributed by atoms with Crippen LogP contribution in [0.1, 0.15) is 32.1 Å². The van der Waals surface area contributed by atoms with Gasteiger partial charge < -0.3 is 19.8 Å². The van der Waals surface area contributed by atoms with Crippen LogP contribution in [0.5, 0.6) is 0 Å². The summed E-state index contributed by atoms with van der Waals surface area (Å²) in [6, 6.07) is -0.101. The molecule has 2 heterocycles. The third kappa shape index (κ3) is 4.97. The monoisotopic (exact) mass is 297 g/mol. The van der Waals surface area contributed by atoms with Gasteiger partial charge in [0.15, 0.2) is 0 Å². The Morgan fingerprint density at radius 1 is 1.10 bits per heavy atom. The predicted octanol–water partition coefficient (Wildman–Crippen LogP) is 0.480. The average molecular weight is 297 g/mol. The minimum atomic E-state index is -0.807. The quantitative estimate of drug-likeness (QED) is 0.799. The van der Waals surface area contributed by atoms with E-state index in [-0.39, 0.29) is 18.4 Å².